The maximum atomic E-state index is 3.32. The van der Waals surface area contributed by atoms with Crippen LogP contribution in [0.15, 0.2) is 35.7 Å². The third-order valence-corrected chi connectivity index (χ3v) is 2.63. The summed E-state index contributed by atoms with van der Waals surface area (Å²) < 4.78 is 0. The quantitative estimate of drug-likeness (QED) is 0.619. The average Bonchev–Trinajstić information content (AvgIpc) is 2.56. The van der Waals surface area contributed by atoms with E-state index in [9.17, 15) is 0 Å². The molecule has 0 fully saturated rings. The first-order valence-electron chi connectivity index (χ1n) is 3.89. The lowest BCUT2D eigenvalue weighted by Crippen LogP contribution is -1.74. The molecule has 0 unspecified atom stereocenters. The molecule has 0 aliphatic rings. The Hall–Kier alpha value is -1.08. The van der Waals surface area contributed by atoms with Gasteiger partial charge in [0, 0.05) is 4.88 Å². The third-order valence-electron chi connectivity index (χ3n) is 1.73. The van der Waals surface area contributed by atoms with Crippen molar-refractivity contribution >= 4 is 11.3 Å². The van der Waals surface area contributed by atoms with Crippen LogP contribution >= 0.6 is 11.3 Å². The first-order chi connectivity index (χ1) is 5.86. The normalized spacial score (nSPS) is 10.1. The van der Waals surface area contributed by atoms with Crippen molar-refractivity contribution in [1.29, 1.82) is 0 Å². The molecule has 1 aromatic heterocycles. The second kappa shape index (κ2) is 3.11. The molecular formula is C11H9S. The standard InChI is InChI=1S/C11H9S/c1-9-4-2-5-10(8-9)11-6-3-7-12-11/h2-7H,1H3. The van der Waals surface area contributed by atoms with Gasteiger partial charge in [0.2, 0.25) is 0 Å². The molecule has 0 bridgehead atoms. The Bertz CT molecular complexity index is 360. The minimum absolute atomic E-state index is 1.20. The number of thiophene rings is 1. The van der Waals surface area contributed by atoms with Gasteiger partial charge in [0.15, 0.2) is 0 Å². The molecule has 0 N–H and O–H groups in total. The maximum Gasteiger partial charge on any atom is 0.0349 e. The molecule has 2 rings (SSSR count). The molecule has 1 aromatic carbocycles. The minimum Gasteiger partial charge on any atom is -0.144 e. The van der Waals surface area contributed by atoms with Crippen molar-refractivity contribution in [3.63, 3.8) is 0 Å². The van der Waals surface area contributed by atoms with Crippen molar-refractivity contribution in [2.45, 2.75) is 6.92 Å². The molecule has 1 radical (unpaired) electrons. The molecule has 0 saturated heterocycles. The van der Waals surface area contributed by atoms with Crippen molar-refractivity contribution < 1.29 is 0 Å². The molecule has 1 heterocycles. The van der Waals surface area contributed by atoms with E-state index in [0.717, 1.165) is 0 Å². The molecule has 0 aliphatic carbocycles. The van der Waals surface area contributed by atoms with Gasteiger partial charge in [-0.1, -0.05) is 24.3 Å². The topological polar surface area (TPSA) is 0 Å². The summed E-state index contributed by atoms with van der Waals surface area (Å²) in [6, 6.07) is 13.7. The van der Waals surface area contributed by atoms with Gasteiger partial charge in [-0.25, -0.2) is 0 Å². The molecule has 0 aliphatic heterocycles. The van der Waals surface area contributed by atoms with Crippen LogP contribution in [0.1, 0.15) is 5.56 Å². The third kappa shape index (κ3) is 1.41. The van der Waals surface area contributed by atoms with E-state index in [0.29, 0.717) is 0 Å². The van der Waals surface area contributed by atoms with Gasteiger partial charge in [0.05, 0.1) is 0 Å². The van der Waals surface area contributed by atoms with E-state index >= 15 is 0 Å². The fourth-order valence-corrected chi connectivity index (χ4v) is 1.87. The Labute approximate surface area is 76.5 Å². The van der Waals surface area contributed by atoms with Crippen molar-refractivity contribution in [1.82, 2.24) is 0 Å². The van der Waals surface area contributed by atoms with Crippen LogP contribution in [0.2, 0.25) is 0 Å². The van der Waals surface area contributed by atoms with Crippen LogP contribution in [0.5, 0.6) is 0 Å². The zero-order valence-electron chi connectivity index (χ0n) is 6.87. The lowest BCUT2D eigenvalue weighted by Gasteiger charge is -1.96. The van der Waals surface area contributed by atoms with E-state index in [1.165, 1.54) is 16.0 Å². The summed E-state index contributed by atoms with van der Waals surface area (Å²) >= 11 is 1.75. The summed E-state index contributed by atoms with van der Waals surface area (Å²) in [5.41, 5.74) is 2.39. The minimum atomic E-state index is 1.20. The van der Waals surface area contributed by atoms with Crippen LogP contribution in [0, 0.1) is 13.0 Å². The maximum absolute atomic E-state index is 3.32. The fourth-order valence-electron chi connectivity index (χ4n) is 1.16. The van der Waals surface area contributed by atoms with Gasteiger partial charge in [-0.05, 0) is 35.6 Å². The average molecular weight is 173 g/mol. The van der Waals surface area contributed by atoms with Crippen molar-refractivity contribution in [2.75, 3.05) is 0 Å². The van der Waals surface area contributed by atoms with Crippen LogP contribution in [-0.4, -0.2) is 0 Å². The molecule has 0 spiro atoms. The SMILES string of the molecule is Cc1[c]c(-c2cccs2)ccc1. The van der Waals surface area contributed by atoms with E-state index < -0.39 is 0 Å². The molecule has 0 saturated carbocycles. The zero-order chi connectivity index (χ0) is 8.39. The summed E-state index contributed by atoms with van der Waals surface area (Å²) in [7, 11) is 0. The van der Waals surface area contributed by atoms with Gasteiger partial charge in [-0.15, -0.1) is 11.3 Å². The van der Waals surface area contributed by atoms with Crippen molar-refractivity contribution in [2.24, 2.45) is 0 Å². The smallest absolute Gasteiger partial charge is 0.0349 e. The highest BCUT2D eigenvalue weighted by Crippen LogP contribution is 2.24. The van der Waals surface area contributed by atoms with E-state index in [2.05, 4.69) is 48.7 Å². The molecule has 0 atom stereocenters. The molecule has 0 amide bonds. The molecule has 12 heavy (non-hydrogen) atoms. The van der Waals surface area contributed by atoms with E-state index in [1.807, 2.05) is 0 Å². The monoisotopic (exact) mass is 173 g/mol. The Kier molecular flexibility index (Phi) is 1.96. The molecule has 1 heteroatoms. The second-order valence-corrected chi connectivity index (χ2v) is 3.67. The Balaban J connectivity index is 2.48. The van der Waals surface area contributed by atoms with Crippen molar-refractivity contribution in [3.8, 4) is 10.4 Å². The van der Waals surface area contributed by atoms with Crippen LogP contribution in [0.3, 0.4) is 0 Å². The summed E-state index contributed by atoms with van der Waals surface area (Å²) in [4.78, 5) is 1.29. The van der Waals surface area contributed by atoms with E-state index in [4.69, 9.17) is 0 Å². The van der Waals surface area contributed by atoms with Crippen LogP contribution in [-0.2, 0) is 0 Å². The fraction of sp³-hybridized carbons (Fsp3) is 0.0909. The number of aryl methyl sites for hydroxylation is 1. The lowest BCUT2D eigenvalue weighted by molar-refractivity contribution is 1.46. The van der Waals surface area contributed by atoms with Crippen molar-refractivity contribution in [3.05, 3.63) is 47.3 Å². The molecule has 59 valence electrons. The van der Waals surface area contributed by atoms with Gasteiger partial charge >= 0.3 is 0 Å². The molecule has 2 aromatic rings. The van der Waals surface area contributed by atoms with Crippen LogP contribution in [0.4, 0.5) is 0 Å². The summed E-state index contributed by atoms with van der Waals surface area (Å²) in [5, 5.41) is 2.09. The first kappa shape index (κ1) is 7.56. The van der Waals surface area contributed by atoms with Gasteiger partial charge in [-0.2, -0.15) is 0 Å². The van der Waals surface area contributed by atoms with Gasteiger partial charge in [0.25, 0.3) is 0 Å². The highest BCUT2D eigenvalue weighted by atomic mass is 32.1. The summed E-state index contributed by atoms with van der Waals surface area (Å²) in [6.07, 6.45) is 0. The number of rotatable bonds is 1. The van der Waals surface area contributed by atoms with E-state index in [1.54, 1.807) is 11.3 Å². The summed E-state index contributed by atoms with van der Waals surface area (Å²) in [6.45, 7) is 2.07. The Morgan fingerprint density at radius 3 is 2.75 bits per heavy atom. The van der Waals surface area contributed by atoms with Crippen LogP contribution < -0.4 is 0 Å². The largest absolute Gasteiger partial charge is 0.144 e. The van der Waals surface area contributed by atoms with Gasteiger partial charge < -0.3 is 0 Å². The predicted octanol–water partition coefficient (Wildman–Crippen LogP) is 3.52. The number of benzene rings is 1. The number of hydrogen-bond acceptors (Lipinski definition) is 1. The Morgan fingerprint density at radius 2 is 2.08 bits per heavy atom. The highest BCUT2D eigenvalue weighted by Gasteiger charge is 1.97. The summed E-state index contributed by atoms with van der Waals surface area (Å²) in [5.74, 6) is 0. The zero-order valence-corrected chi connectivity index (χ0v) is 7.69. The van der Waals surface area contributed by atoms with Gasteiger partial charge in [0.1, 0.15) is 0 Å². The molecule has 0 nitrogen and oxygen atoms in total. The number of hydrogen-bond donors (Lipinski definition) is 0. The van der Waals surface area contributed by atoms with Crippen LogP contribution in [0.25, 0.3) is 10.4 Å². The first-order valence-corrected chi connectivity index (χ1v) is 4.77. The molecular weight excluding hydrogens is 164 g/mol. The van der Waals surface area contributed by atoms with E-state index in [-0.39, 0.29) is 0 Å². The van der Waals surface area contributed by atoms with Gasteiger partial charge in [-0.3, -0.25) is 0 Å². The lowest BCUT2D eigenvalue weighted by atomic mass is 10.1. The predicted molar refractivity (Wildman–Crippen MR) is 53.3 cm³/mol. The Morgan fingerprint density at radius 1 is 1.17 bits per heavy atom. The highest BCUT2D eigenvalue weighted by molar-refractivity contribution is 7.13. The second-order valence-electron chi connectivity index (χ2n) is 2.72.